The van der Waals surface area contributed by atoms with Gasteiger partial charge in [0.2, 0.25) is 5.91 Å². The van der Waals surface area contributed by atoms with E-state index in [1.165, 1.54) is 5.56 Å². The van der Waals surface area contributed by atoms with Crippen LogP contribution in [0.15, 0.2) is 36.7 Å². The highest BCUT2D eigenvalue weighted by Gasteiger charge is 2.23. The van der Waals surface area contributed by atoms with E-state index in [-0.39, 0.29) is 11.9 Å². The zero-order valence-corrected chi connectivity index (χ0v) is 15.8. The molecular weight excluding hydrogens is 326 g/mol. The van der Waals surface area contributed by atoms with Crippen LogP contribution in [-0.2, 0) is 17.9 Å². The number of nitrogens with one attached hydrogen (secondary N) is 1. The third-order valence-corrected chi connectivity index (χ3v) is 5.18. The maximum atomic E-state index is 12.4. The molecule has 0 saturated carbocycles. The SMILES string of the molecule is CCn1cnnc1C(C)NC(=O)CC1CCN(Cc2ccccc2)CC1. The molecule has 0 bridgehead atoms. The van der Waals surface area contributed by atoms with Gasteiger partial charge in [0, 0.05) is 19.5 Å². The van der Waals surface area contributed by atoms with Crippen LogP contribution < -0.4 is 5.32 Å². The second-order valence-corrected chi connectivity index (χ2v) is 7.17. The molecule has 1 aliphatic heterocycles. The largest absolute Gasteiger partial charge is 0.346 e. The van der Waals surface area contributed by atoms with Crippen molar-refractivity contribution in [2.75, 3.05) is 13.1 Å². The smallest absolute Gasteiger partial charge is 0.220 e. The van der Waals surface area contributed by atoms with Crippen molar-refractivity contribution < 1.29 is 4.79 Å². The summed E-state index contributed by atoms with van der Waals surface area (Å²) < 4.78 is 1.97. The minimum absolute atomic E-state index is 0.108. The Morgan fingerprint density at radius 1 is 1.27 bits per heavy atom. The number of benzene rings is 1. The quantitative estimate of drug-likeness (QED) is 0.829. The van der Waals surface area contributed by atoms with Gasteiger partial charge < -0.3 is 9.88 Å². The first kappa shape index (κ1) is 18.6. The number of hydrogen-bond acceptors (Lipinski definition) is 4. The second-order valence-electron chi connectivity index (χ2n) is 7.17. The highest BCUT2D eigenvalue weighted by atomic mass is 16.1. The van der Waals surface area contributed by atoms with Crippen LogP contribution in [0.3, 0.4) is 0 Å². The zero-order valence-electron chi connectivity index (χ0n) is 15.8. The number of aromatic nitrogens is 3. The molecule has 1 fully saturated rings. The first-order valence-electron chi connectivity index (χ1n) is 9.59. The molecule has 6 nitrogen and oxygen atoms in total. The number of carbonyl (C=O) groups is 1. The Morgan fingerprint density at radius 3 is 2.69 bits per heavy atom. The van der Waals surface area contributed by atoms with E-state index in [2.05, 4.69) is 50.7 Å². The van der Waals surface area contributed by atoms with Crippen LogP contribution in [0.4, 0.5) is 0 Å². The van der Waals surface area contributed by atoms with Gasteiger partial charge in [0.15, 0.2) is 5.82 Å². The van der Waals surface area contributed by atoms with Crippen LogP contribution >= 0.6 is 0 Å². The van der Waals surface area contributed by atoms with Crippen LogP contribution in [0.25, 0.3) is 0 Å². The molecule has 26 heavy (non-hydrogen) atoms. The molecule has 1 atom stereocenters. The lowest BCUT2D eigenvalue weighted by molar-refractivity contribution is -0.123. The summed E-state index contributed by atoms with van der Waals surface area (Å²) in [6, 6.07) is 10.5. The maximum absolute atomic E-state index is 12.4. The van der Waals surface area contributed by atoms with E-state index in [1.54, 1.807) is 6.33 Å². The minimum atomic E-state index is -0.108. The molecule has 3 rings (SSSR count). The van der Waals surface area contributed by atoms with E-state index in [1.807, 2.05) is 18.4 Å². The molecule has 1 unspecified atom stereocenters. The summed E-state index contributed by atoms with van der Waals surface area (Å²) in [6.45, 7) is 7.95. The lowest BCUT2D eigenvalue weighted by Crippen LogP contribution is -2.36. The molecule has 0 spiro atoms. The molecule has 6 heteroatoms. The van der Waals surface area contributed by atoms with Gasteiger partial charge in [-0.05, 0) is 51.3 Å². The Labute approximate surface area is 155 Å². The van der Waals surface area contributed by atoms with Gasteiger partial charge in [-0.3, -0.25) is 9.69 Å². The van der Waals surface area contributed by atoms with E-state index in [9.17, 15) is 4.79 Å². The summed E-state index contributed by atoms with van der Waals surface area (Å²) in [5.74, 6) is 1.40. The van der Waals surface area contributed by atoms with Crippen LogP contribution in [-0.4, -0.2) is 38.7 Å². The number of piperidine rings is 1. The monoisotopic (exact) mass is 355 g/mol. The zero-order chi connectivity index (χ0) is 18.4. The Morgan fingerprint density at radius 2 is 2.00 bits per heavy atom. The summed E-state index contributed by atoms with van der Waals surface area (Å²) >= 11 is 0. The van der Waals surface area contributed by atoms with E-state index < -0.39 is 0 Å². The number of likely N-dealkylation sites (tertiary alicyclic amines) is 1. The van der Waals surface area contributed by atoms with E-state index in [0.29, 0.717) is 12.3 Å². The molecule has 1 N–H and O–H groups in total. The third-order valence-electron chi connectivity index (χ3n) is 5.18. The van der Waals surface area contributed by atoms with Gasteiger partial charge in [-0.1, -0.05) is 30.3 Å². The molecule has 2 heterocycles. The van der Waals surface area contributed by atoms with Gasteiger partial charge in [0.1, 0.15) is 6.33 Å². The van der Waals surface area contributed by atoms with Gasteiger partial charge in [-0.15, -0.1) is 10.2 Å². The molecular formula is C20H29N5O. The summed E-state index contributed by atoms with van der Waals surface area (Å²) in [4.78, 5) is 14.9. The summed E-state index contributed by atoms with van der Waals surface area (Å²) in [7, 11) is 0. The van der Waals surface area contributed by atoms with Crippen molar-refractivity contribution in [1.29, 1.82) is 0 Å². The van der Waals surface area contributed by atoms with E-state index in [0.717, 1.165) is 44.8 Å². The van der Waals surface area contributed by atoms with Crippen molar-refractivity contribution >= 4 is 5.91 Å². The lowest BCUT2D eigenvalue weighted by Gasteiger charge is -2.31. The molecule has 1 saturated heterocycles. The molecule has 1 aromatic heterocycles. The Hall–Kier alpha value is -2.21. The fourth-order valence-electron chi connectivity index (χ4n) is 3.66. The number of amides is 1. The number of carbonyl (C=O) groups excluding carboxylic acids is 1. The average molecular weight is 355 g/mol. The third kappa shape index (κ3) is 4.91. The first-order valence-corrected chi connectivity index (χ1v) is 9.59. The van der Waals surface area contributed by atoms with Crippen molar-refractivity contribution in [3.05, 3.63) is 48.0 Å². The predicted octanol–water partition coefficient (Wildman–Crippen LogP) is 2.78. The average Bonchev–Trinajstić information content (AvgIpc) is 3.13. The highest BCUT2D eigenvalue weighted by molar-refractivity contribution is 5.76. The van der Waals surface area contributed by atoms with Crippen molar-refractivity contribution in [3.63, 3.8) is 0 Å². The van der Waals surface area contributed by atoms with Crippen LogP contribution in [0.5, 0.6) is 0 Å². The Kier molecular flexibility index (Phi) is 6.39. The van der Waals surface area contributed by atoms with Crippen LogP contribution in [0.2, 0.25) is 0 Å². The van der Waals surface area contributed by atoms with Gasteiger partial charge >= 0.3 is 0 Å². The first-order chi connectivity index (χ1) is 12.7. The predicted molar refractivity (Wildman–Crippen MR) is 101 cm³/mol. The van der Waals surface area contributed by atoms with E-state index >= 15 is 0 Å². The van der Waals surface area contributed by atoms with Gasteiger partial charge in [0.25, 0.3) is 0 Å². The number of nitrogens with zero attached hydrogens (tertiary/aromatic N) is 4. The minimum Gasteiger partial charge on any atom is -0.346 e. The normalized spacial score (nSPS) is 17.2. The molecule has 140 valence electrons. The number of hydrogen-bond donors (Lipinski definition) is 1. The summed E-state index contributed by atoms with van der Waals surface area (Å²) in [5.41, 5.74) is 1.36. The van der Waals surface area contributed by atoms with Crippen LogP contribution in [0, 0.1) is 5.92 Å². The van der Waals surface area contributed by atoms with Crippen LogP contribution in [0.1, 0.15) is 50.5 Å². The van der Waals surface area contributed by atoms with Crippen molar-refractivity contribution in [2.24, 2.45) is 5.92 Å². The lowest BCUT2D eigenvalue weighted by atomic mass is 9.93. The van der Waals surface area contributed by atoms with Gasteiger partial charge in [0.05, 0.1) is 6.04 Å². The topological polar surface area (TPSA) is 63.1 Å². The maximum Gasteiger partial charge on any atom is 0.220 e. The molecule has 1 aliphatic rings. The second kappa shape index (κ2) is 8.94. The fraction of sp³-hybridized carbons (Fsp3) is 0.550. The van der Waals surface area contributed by atoms with E-state index in [4.69, 9.17) is 0 Å². The Balaban J connectivity index is 1.42. The highest BCUT2D eigenvalue weighted by Crippen LogP contribution is 2.22. The molecule has 0 aliphatic carbocycles. The fourth-order valence-corrected chi connectivity index (χ4v) is 3.66. The number of aryl methyl sites for hydroxylation is 1. The van der Waals surface area contributed by atoms with Crippen molar-refractivity contribution in [2.45, 2.75) is 52.2 Å². The van der Waals surface area contributed by atoms with Gasteiger partial charge in [-0.25, -0.2) is 0 Å². The van der Waals surface area contributed by atoms with Crippen molar-refractivity contribution in [3.8, 4) is 0 Å². The molecule has 1 aromatic carbocycles. The molecule has 2 aromatic rings. The van der Waals surface area contributed by atoms with Gasteiger partial charge in [-0.2, -0.15) is 0 Å². The molecule has 1 amide bonds. The Bertz CT molecular complexity index is 691. The summed E-state index contributed by atoms with van der Waals surface area (Å²) in [5, 5.41) is 11.1. The molecule has 0 radical (unpaired) electrons. The standard InChI is InChI=1S/C20H29N5O/c1-3-25-15-21-23-20(25)16(2)22-19(26)13-17-9-11-24(12-10-17)14-18-7-5-4-6-8-18/h4-8,15-17H,3,9-14H2,1-2H3,(H,22,26). The number of rotatable bonds is 7. The van der Waals surface area contributed by atoms with Crippen molar-refractivity contribution in [1.82, 2.24) is 25.0 Å². The summed E-state index contributed by atoms with van der Waals surface area (Å²) in [6.07, 6.45) is 4.48.